The molecule has 0 amide bonds. The summed E-state index contributed by atoms with van der Waals surface area (Å²) in [6.07, 6.45) is 0.748. The number of carbonyl (C=O) groups excluding carboxylic acids is 1. The van der Waals surface area contributed by atoms with E-state index in [-0.39, 0.29) is 11.7 Å². The molecule has 1 aromatic rings. The van der Waals surface area contributed by atoms with Gasteiger partial charge in [0, 0.05) is 25.2 Å². The zero-order chi connectivity index (χ0) is 12.3. The number of furan rings is 1. The van der Waals surface area contributed by atoms with Gasteiger partial charge in [-0.05, 0) is 27.2 Å². The van der Waals surface area contributed by atoms with E-state index in [0.29, 0.717) is 6.61 Å². The third-order valence-electron chi connectivity index (χ3n) is 3.01. The molecule has 0 aromatic carbocycles. The minimum absolute atomic E-state index is 0.0191. The van der Waals surface area contributed by atoms with Gasteiger partial charge in [-0.1, -0.05) is 6.92 Å². The molecule has 0 aliphatic rings. The van der Waals surface area contributed by atoms with E-state index < -0.39 is 0 Å². The number of hydrogen-bond acceptors (Lipinski definition) is 3. The van der Waals surface area contributed by atoms with Crippen LogP contribution in [0.2, 0.25) is 0 Å². The molecule has 3 heteroatoms. The Morgan fingerprint density at radius 2 is 1.94 bits per heavy atom. The SMILES string of the molecule is COCCC(C)C(=O)c1c(C)oc(C)c1C. The minimum Gasteiger partial charge on any atom is -0.466 e. The number of ketones is 1. The first-order valence-electron chi connectivity index (χ1n) is 5.58. The summed E-state index contributed by atoms with van der Waals surface area (Å²) >= 11 is 0. The molecule has 0 saturated carbocycles. The molecule has 1 rings (SSSR count). The third kappa shape index (κ3) is 2.53. The number of aryl methyl sites for hydroxylation is 2. The summed E-state index contributed by atoms with van der Waals surface area (Å²) < 4.78 is 10.5. The van der Waals surface area contributed by atoms with Crippen LogP contribution in [0.1, 0.15) is 40.8 Å². The smallest absolute Gasteiger partial charge is 0.169 e. The molecule has 0 N–H and O–H groups in total. The van der Waals surface area contributed by atoms with Crippen LogP contribution in [0.4, 0.5) is 0 Å². The molecular weight excluding hydrogens is 204 g/mol. The normalized spacial score (nSPS) is 12.8. The largest absolute Gasteiger partial charge is 0.466 e. The van der Waals surface area contributed by atoms with E-state index in [9.17, 15) is 4.79 Å². The fraction of sp³-hybridized carbons (Fsp3) is 0.615. The average Bonchev–Trinajstić information content (AvgIpc) is 2.49. The molecule has 1 aromatic heterocycles. The molecule has 0 radical (unpaired) electrons. The van der Waals surface area contributed by atoms with E-state index in [1.165, 1.54) is 0 Å². The second-order valence-electron chi connectivity index (χ2n) is 4.26. The quantitative estimate of drug-likeness (QED) is 0.721. The van der Waals surface area contributed by atoms with E-state index in [4.69, 9.17) is 9.15 Å². The van der Waals surface area contributed by atoms with Crippen LogP contribution in [0, 0.1) is 26.7 Å². The van der Waals surface area contributed by atoms with Gasteiger partial charge < -0.3 is 9.15 Å². The van der Waals surface area contributed by atoms with Crippen LogP contribution in [0.25, 0.3) is 0 Å². The number of ether oxygens (including phenoxy) is 1. The van der Waals surface area contributed by atoms with E-state index in [2.05, 4.69) is 0 Å². The summed E-state index contributed by atoms with van der Waals surface area (Å²) in [5.74, 6) is 1.70. The van der Waals surface area contributed by atoms with Crippen LogP contribution in [0.3, 0.4) is 0 Å². The lowest BCUT2D eigenvalue weighted by molar-refractivity contribution is 0.0891. The van der Waals surface area contributed by atoms with Crippen LogP contribution >= 0.6 is 0 Å². The van der Waals surface area contributed by atoms with Crippen molar-refractivity contribution in [2.75, 3.05) is 13.7 Å². The lowest BCUT2D eigenvalue weighted by Crippen LogP contribution is -2.14. The van der Waals surface area contributed by atoms with Crippen molar-refractivity contribution in [3.8, 4) is 0 Å². The van der Waals surface area contributed by atoms with Crippen LogP contribution in [0.5, 0.6) is 0 Å². The standard InChI is InChI=1S/C13H20O3/c1-8(6-7-15-5)13(14)12-9(2)10(3)16-11(12)4/h8H,6-7H2,1-5H3. The van der Waals surface area contributed by atoms with Crippen molar-refractivity contribution < 1.29 is 13.9 Å². The Kier molecular flexibility index (Phi) is 4.30. The highest BCUT2D eigenvalue weighted by Gasteiger charge is 2.22. The molecule has 90 valence electrons. The molecule has 0 bridgehead atoms. The highest BCUT2D eigenvalue weighted by atomic mass is 16.5. The number of methoxy groups -OCH3 is 1. The maximum Gasteiger partial charge on any atom is 0.169 e. The van der Waals surface area contributed by atoms with Gasteiger partial charge in [-0.15, -0.1) is 0 Å². The van der Waals surface area contributed by atoms with E-state index in [0.717, 1.165) is 29.1 Å². The summed E-state index contributed by atoms with van der Waals surface area (Å²) in [6, 6.07) is 0. The van der Waals surface area contributed by atoms with Gasteiger partial charge in [-0.25, -0.2) is 0 Å². The van der Waals surface area contributed by atoms with Gasteiger partial charge in [0.05, 0.1) is 5.56 Å². The molecule has 0 aliphatic heterocycles. The van der Waals surface area contributed by atoms with Gasteiger partial charge in [0.25, 0.3) is 0 Å². The lowest BCUT2D eigenvalue weighted by Gasteiger charge is -2.09. The molecule has 0 fully saturated rings. The Bertz CT molecular complexity index is 377. The molecule has 16 heavy (non-hydrogen) atoms. The molecule has 1 heterocycles. The maximum atomic E-state index is 12.2. The predicted octanol–water partition coefficient (Wildman–Crippen LogP) is 3.06. The first-order valence-corrected chi connectivity index (χ1v) is 5.58. The first-order chi connectivity index (χ1) is 7.49. The Balaban J connectivity index is 2.87. The zero-order valence-corrected chi connectivity index (χ0v) is 10.7. The summed E-state index contributed by atoms with van der Waals surface area (Å²) in [7, 11) is 1.65. The number of hydrogen-bond donors (Lipinski definition) is 0. The van der Waals surface area contributed by atoms with Gasteiger partial charge in [-0.3, -0.25) is 4.79 Å². The molecular formula is C13H20O3. The molecule has 0 saturated heterocycles. The number of carbonyl (C=O) groups is 1. The van der Waals surface area contributed by atoms with Crippen molar-refractivity contribution in [3.05, 3.63) is 22.6 Å². The van der Waals surface area contributed by atoms with Crippen LogP contribution in [0.15, 0.2) is 4.42 Å². The molecule has 3 nitrogen and oxygen atoms in total. The second kappa shape index (κ2) is 5.30. The minimum atomic E-state index is -0.0191. The van der Waals surface area contributed by atoms with Crippen LogP contribution in [-0.2, 0) is 4.74 Å². The maximum absolute atomic E-state index is 12.2. The van der Waals surface area contributed by atoms with Crippen molar-refractivity contribution in [3.63, 3.8) is 0 Å². The second-order valence-corrected chi connectivity index (χ2v) is 4.26. The first kappa shape index (κ1) is 13.0. The van der Waals surface area contributed by atoms with Gasteiger partial charge >= 0.3 is 0 Å². The van der Waals surface area contributed by atoms with Crippen molar-refractivity contribution >= 4 is 5.78 Å². The fourth-order valence-corrected chi connectivity index (χ4v) is 1.83. The summed E-state index contributed by atoms with van der Waals surface area (Å²) in [6.45, 7) is 8.21. The number of Topliss-reactive ketones (excluding diaryl/α,β-unsaturated/α-hetero) is 1. The van der Waals surface area contributed by atoms with Crippen molar-refractivity contribution in [2.24, 2.45) is 5.92 Å². The zero-order valence-electron chi connectivity index (χ0n) is 10.7. The third-order valence-corrected chi connectivity index (χ3v) is 3.01. The van der Waals surface area contributed by atoms with Crippen LogP contribution < -0.4 is 0 Å². The monoisotopic (exact) mass is 224 g/mol. The lowest BCUT2D eigenvalue weighted by atomic mass is 9.94. The molecule has 0 aliphatic carbocycles. The number of rotatable bonds is 5. The summed E-state index contributed by atoms with van der Waals surface area (Å²) in [5, 5.41) is 0. The molecule has 1 unspecified atom stereocenters. The topological polar surface area (TPSA) is 39.4 Å². The van der Waals surface area contributed by atoms with E-state index >= 15 is 0 Å². The van der Waals surface area contributed by atoms with Crippen molar-refractivity contribution in [1.82, 2.24) is 0 Å². The highest BCUT2D eigenvalue weighted by Crippen LogP contribution is 2.24. The summed E-state index contributed by atoms with van der Waals surface area (Å²) in [5.41, 5.74) is 1.72. The fourth-order valence-electron chi connectivity index (χ4n) is 1.83. The highest BCUT2D eigenvalue weighted by molar-refractivity contribution is 6.00. The van der Waals surface area contributed by atoms with Gasteiger partial charge in [0.2, 0.25) is 0 Å². The van der Waals surface area contributed by atoms with E-state index in [1.807, 2.05) is 27.7 Å². The van der Waals surface area contributed by atoms with Gasteiger partial charge in [-0.2, -0.15) is 0 Å². The Morgan fingerprint density at radius 1 is 1.31 bits per heavy atom. The van der Waals surface area contributed by atoms with Crippen molar-refractivity contribution in [1.29, 1.82) is 0 Å². The Morgan fingerprint density at radius 3 is 2.38 bits per heavy atom. The molecule has 0 spiro atoms. The van der Waals surface area contributed by atoms with Gasteiger partial charge in [0.15, 0.2) is 5.78 Å². The van der Waals surface area contributed by atoms with Crippen molar-refractivity contribution in [2.45, 2.75) is 34.1 Å². The Hall–Kier alpha value is -1.09. The molecule has 1 atom stereocenters. The average molecular weight is 224 g/mol. The predicted molar refractivity (Wildman–Crippen MR) is 62.9 cm³/mol. The van der Waals surface area contributed by atoms with Gasteiger partial charge in [0.1, 0.15) is 11.5 Å². The van der Waals surface area contributed by atoms with E-state index in [1.54, 1.807) is 7.11 Å². The summed E-state index contributed by atoms with van der Waals surface area (Å²) in [4.78, 5) is 12.2. The Labute approximate surface area is 96.8 Å². The van der Waals surface area contributed by atoms with Crippen LogP contribution in [-0.4, -0.2) is 19.5 Å².